The molecule has 0 aliphatic carbocycles. The number of amides is 1. The standard InChI is InChI=1S/C12H24N2OS/c1-3-14(4-2)12(15)10-13-9-11-5-7-16-8-6-11/h11,13H,3-10H2,1-2H3. The third kappa shape index (κ3) is 4.74. The molecule has 0 aromatic carbocycles. The summed E-state index contributed by atoms with van der Waals surface area (Å²) in [4.78, 5) is 13.6. The summed E-state index contributed by atoms with van der Waals surface area (Å²) < 4.78 is 0. The fourth-order valence-electron chi connectivity index (χ4n) is 2.02. The summed E-state index contributed by atoms with van der Waals surface area (Å²) in [7, 11) is 0. The van der Waals surface area contributed by atoms with Gasteiger partial charge in [0.05, 0.1) is 6.54 Å². The van der Waals surface area contributed by atoms with Gasteiger partial charge in [-0.15, -0.1) is 0 Å². The SMILES string of the molecule is CCN(CC)C(=O)CNCC1CCSCC1. The lowest BCUT2D eigenvalue weighted by molar-refractivity contribution is -0.129. The Morgan fingerprint density at radius 3 is 2.50 bits per heavy atom. The average molecular weight is 244 g/mol. The highest BCUT2D eigenvalue weighted by Gasteiger charge is 2.14. The van der Waals surface area contributed by atoms with Crippen LogP contribution in [-0.2, 0) is 4.79 Å². The van der Waals surface area contributed by atoms with Crippen LogP contribution in [0.15, 0.2) is 0 Å². The smallest absolute Gasteiger partial charge is 0.236 e. The van der Waals surface area contributed by atoms with Gasteiger partial charge in [-0.05, 0) is 50.7 Å². The highest BCUT2D eigenvalue weighted by Crippen LogP contribution is 2.21. The quantitative estimate of drug-likeness (QED) is 0.770. The number of carbonyl (C=O) groups excluding carboxylic acids is 1. The van der Waals surface area contributed by atoms with Crippen LogP contribution in [0.4, 0.5) is 0 Å². The molecule has 0 aromatic heterocycles. The zero-order valence-corrected chi connectivity index (χ0v) is 11.3. The molecule has 0 aromatic rings. The van der Waals surface area contributed by atoms with Crippen LogP contribution < -0.4 is 5.32 Å². The van der Waals surface area contributed by atoms with Crippen molar-refractivity contribution < 1.29 is 4.79 Å². The second kappa shape index (κ2) is 7.96. The molecular formula is C12H24N2OS. The molecule has 1 amide bonds. The Kier molecular flexibility index (Phi) is 6.88. The molecule has 0 spiro atoms. The number of thioether (sulfide) groups is 1. The van der Waals surface area contributed by atoms with E-state index in [4.69, 9.17) is 0 Å². The first-order chi connectivity index (χ1) is 7.77. The first kappa shape index (κ1) is 13.8. The maximum absolute atomic E-state index is 11.7. The summed E-state index contributed by atoms with van der Waals surface area (Å²) in [6.07, 6.45) is 2.61. The molecule has 0 unspecified atom stereocenters. The number of nitrogens with one attached hydrogen (secondary N) is 1. The molecule has 1 aliphatic heterocycles. The number of likely N-dealkylation sites (N-methyl/N-ethyl adjacent to an activating group) is 1. The van der Waals surface area contributed by atoms with Gasteiger partial charge in [-0.25, -0.2) is 0 Å². The van der Waals surface area contributed by atoms with Gasteiger partial charge in [-0.3, -0.25) is 4.79 Å². The third-order valence-corrected chi connectivity index (χ3v) is 4.22. The Balaban J connectivity index is 2.11. The maximum Gasteiger partial charge on any atom is 0.236 e. The fraction of sp³-hybridized carbons (Fsp3) is 0.917. The zero-order chi connectivity index (χ0) is 11.8. The minimum absolute atomic E-state index is 0.232. The summed E-state index contributed by atoms with van der Waals surface area (Å²) in [5.41, 5.74) is 0. The van der Waals surface area contributed by atoms with Crippen molar-refractivity contribution >= 4 is 17.7 Å². The van der Waals surface area contributed by atoms with Crippen molar-refractivity contribution in [3.63, 3.8) is 0 Å². The topological polar surface area (TPSA) is 32.3 Å². The van der Waals surface area contributed by atoms with Gasteiger partial charge in [0, 0.05) is 13.1 Å². The van der Waals surface area contributed by atoms with Gasteiger partial charge in [0.15, 0.2) is 0 Å². The minimum Gasteiger partial charge on any atom is -0.342 e. The first-order valence-corrected chi connectivity index (χ1v) is 7.49. The van der Waals surface area contributed by atoms with Gasteiger partial charge in [0.2, 0.25) is 5.91 Å². The van der Waals surface area contributed by atoms with Crippen LogP contribution in [0, 0.1) is 5.92 Å². The van der Waals surface area contributed by atoms with Crippen LogP contribution in [0.3, 0.4) is 0 Å². The summed E-state index contributed by atoms with van der Waals surface area (Å²) in [5.74, 6) is 3.59. The second-order valence-corrected chi connectivity index (χ2v) is 5.48. The van der Waals surface area contributed by atoms with E-state index in [2.05, 4.69) is 5.32 Å². The normalized spacial score (nSPS) is 17.4. The van der Waals surface area contributed by atoms with Gasteiger partial charge in [0.1, 0.15) is 0 Å². The maximum atomic E-state index is 11.7. The van der Waals surface area contributed by atoms with Crippen molar-refractivity contribution in [3.05, 3.63) is 0 Å². The van der Waals surface area contributed by atoms with Gasteiger partial charge >= 0.3 is 0 Å². The summed E-state index contributed by atoms with van der Waals surface area (Å²) >= 11 is 2.05. The Bertz CT molecular complexity index is 201. The molecule has 3 nitrogen and oxygen atoms in total. The minimum atomic E-state index is 0.232. The van der Waals surface area contributed by atoms with Crippen LogP contribution in [0.2, 0.25) is 0 Å². The Hall–Kier alpha value is -0.220. The molecule has 0 saturated carbocycles. The summed E-state index contributed by atoms with van der Waals surface area (Å²) in [5, 5.41) is 3.30. The van der Waals surface area contributed by atoms with E-state index in [-0.39, 0.29) is 5.91 Å². The molecule has 1 heterocycles. The monoisotopic (exact) mass is 244 g/mol. The van der Waals surface area contributed by atoms with Crippen molar-refractivity contribution in [2.75, 3.05) is 37.7 Å². The highest BCUT2D eigenvalue weighted by atomic mass is 32.2. The van der Waals surface area contributed by atoms with E-state index in [0.717, 1.165) is 25.6 Å². The van der Waals surface area contributed by atoms with Crippen LogP contribution in [0.1, 0.15) is 26.7 Å². The van der Waals surface area contributed by atoms with Crippen LogP contribution in [0.5, 0.6) is 0 Å². The molecule has 1 fully saturated rings. The molecule has 1 rings (SSSR count). The van der Waals surface area contributed by atoms with E-state index in [0.29, 0.717) is 6.54 Å². The molecular weight excluding hydrogens is 220 g/mol. The predicted molar refractivity (Wildman–Crippen MR) is 70.8 cm³/mol. The lowest BCUT2D eigenvalue weighted by Crippen LogP contribution is -2.39. The molecule has 0 atom stereocenters. The van der Waals surface area contributed by atoms with Gasteiger partial charge < -0.3 is 10.2 Å². The molecule has 0 radical (unpaired) electrons. The summed E-state index contributed by atoms with van der Waals surface area (Å²) in [6.45, 7) is 7.20. The lowest BCUT2D eigenvalue weighted by atomic mass is 10.0. The van der Waals surface area contributed by atoms with E-state index in [1.807, 2.05) is 30.5 Å². The third-order valence-electron chi connectivity index (χ3n) is 3.17. The lowest BCUT2D eigenvalue weighted by Gasteiger charge is -2.23. The molecule has 1 saturated heterocycles. The largest absolute Gasteiger partial charge is 0.342 e. The second-order valence-electron chi connectivity index (χ2n) is 4.25. The number of hydrogen-bond donors (Lipinski definition) is 1. The Morgan fingerprint density at radius 2 is 1.94 bits per heavy atom. The van der Waals surface area contributed by atoms with Crippen molar-refractivity contribution in [2.24, 2.45) is 5.92 Å². The molecule has 1 N–H and O–H groups in total. The molecule has 94 valence electrons. The highest BCUT2D eigenvalue weighted by molar-refractivity contribution is 7.99. The van der Waals surface area contributed by atoms with Crippen molar-refractivity contribution in [3.8, 4) is 0 Å². The predicted octanol–water partition coefficient (Wildman–Crippen LogP) is 1.59. The van der Waals surface area contributed by atoms with E-state index in [1.54, 1.807) is 0 Å². The van der Waals surface area contributed by atoms with Gasteiger partial charge in [-0.2, -0.15) is 11.8 Å². The van der Waals surface area contributed by atoms with E-state index < -0.39 is 0 Å². The summed E-state index contributed by atoms with van der Waals surface area (Å²) in [6, 6.07) is 0. The molecule has 16 heavy (non-hydrogen) atoms. The Labute approximate surface area is 103 Å². The first-order valence-electron chi connectivity index (χ1n) is 6.34. The van der Waals surface area contributed by atoms with E-state index >= 15 is 0 Å². The number of hydrogen-bond acceptors (Lipinski definition) is 3. The van der Waals surface area contributed by atoms with Crippen LogP contribution >= 0.6 is 11.8 Å². The molecule has 4 heteroatoms. The van der Waals surface area contributed by atoms with Gasteiger partial charge in [0.25, 0.3) is 0 Å². The van der Waals surface area contributed by atoms with Crippen molar-refractivity contribution in [2.45, 2.75) is 26.7 Å². The average Bonchev–Trinajstić information content (AvgIpc) is 2.32. The van der Waals surface area contributed by atoms with Crippen LogP contribution in [0.25, 0.3) is 0 Å². The zero-order valence-electron chi connectivity index (χ0n) is 10.5. The van der Waals surface area contributed by atoms with Crippen molar-refractivity contribution in [1.29, 1.82) is 0 Å². The number of carbonyl (C=O) groups is 1. The van der Waals surface area contributed by atoms with Gasteiger partial charge in [-0.1, -0.05) is 0 Å². The van der Waals surface area contributed by atoms with Crippen molar-refractivity contribution in [1.82, 2.24) is 10.2 Å². The molecule has 1 aliphatic rings. The van der Waals surface area contributed by atoms with Crippen LogP contribution in [-0.4, -0.2) is 48.5 Å². The number of rotatable bonds is 6. The number of nitrogens with zero attached hydrogens (tertiary/aromatic N) is 1. The molecule has 0 bridgehead atoms. The fourth-order valence-corrected chi connectivity index (χ4v) is 3.23. The van der Waals surface area contributed by atoms with E-state index in [9.17, 15) is 4.79 Å². The van der Waals surface area contributed by atoms with E-state index in [1.165, 1.54) is 24.3 Å². The Morgan fingerprint density at radius 1 is 1.31 bits per heavy atom.